The third kappa shape index (κ3) is 13.2. The summed E-state index contributed by atoms with van der Waals surface area (Å²) < 4.78 is 0. The summed E-state index contributed by atoms with van der Waals surface area (Å²) in [6.07, 6.45) is 16.0. The van der Waals surface area contributed by atoms with E-state index >= 15 is 0 Å². The Labute approximate surface area is 205 Å². The Kier molecular flexibility index (Phi) is 19.3. The first kappa shape index (κ1) is 28.7. The zero-order chi connectivity index (χ0) is 21.9. The Morgan fingerprint density at radius 1 is 0.400 bits per heavy atom. The van der Waals surface area contributed by atoms with Gasteiger partial charge in [0.1, 0.15) is 0 Å². The Bertz CT molecular complexity index is 440. The molecule has 174 valence electrons. The molecule has 0 spiro atoms. The molecule has 0 aliphatic heterocycles. The molecule has 0 aromatic heterocycles. The van der Waals surface area contributed by atoms with E-state index in [1.54, 1.807) is 19.6 Å². The van der Waals surface area contributed by atoms with Crippen molar-refractivity contribution in [3.63, 3.8) is 0 Å². The maximum absolute atomic E-state index is 2.55. The highest BCUT2D eigenvalue weighted by Gasteiger charge is 2.12. The average molecular weight is 487 g/mol. The fourth-order valence-electron chi connectivity index (χ4n) is 3.11. The number of hydrogen-bond donors (Lipinski definition) is 0. The summed E-state index contributed by atoms with van der Waals surface area (Å²) in [6.45, 7) is 9.20. The van der Waals surface area contributed by atoms with E-state index in [9.17, 15) is 0 Å². The molecule has 1 aromatic rings. The molecule has 0 fully saturated rings. The fraction of sp³-hybridized carbons (Fsp3) is 0.769. The predicted molar refractivity (Wildman–Crippen MR) is 147 cm³/mol. The molecule has 1 aromatic carbocycles. The number of unbranched alkanes of at least 4 members (excludes halogenated alkanes) is 8. The summed E-state index contributed by atoms with van der Waals surface area (Å²) in [4.78, 5) is 6.18. The third-order valence-electron chi connectivity index (χ3n) is 5.03. The van der Waals surface area contributed by atoms with Crippen molar-refractivity contribution in [2.45, 2.75) is 124 Å². The topological polar surface area (TPSA) is 0 Å². The van der Waals surface area contributed by atoms with Crippen LogP contribution in [0.4, 0.5) is 0 Å². The molecule has 0 atom stereocenters. The van der Waals surface area contributed by atoms with Gasteiger partial charge < -0.3 is 0 Å². The standard InChI is InChI=1S/C26H46S4/c1-5-9-13-17-27-23-21-25(29-19-15-11-7-3)26(30-20-16-12-8-4)22-24(23)28-18-14-10-6-2/h21-22H,5-20H2,1-4H3. The van der Waals surface area contributed by atoms with Gasteiger partial charge >= 0.3 is 0 Å². The van der Waals surface area contributed by atoms with Gasteiger partial charge in [0, 0.05) is 19.6 Å². The summed E-state index contributed by atoms with van der Waals surface area (Å²) in [6, 6.07) is 5.11. The van der Waals surface area contributed by atoms with E-state index in [4.69, 9.17) is 0 Å². The fourth-order valence-corrected chi connectivity index (χ4v) is 7.85. The second kappa shape index (κ2) is 20.2. The van der Waals surface area contributed by atoms with Gasteiger partial charge in [0.2, 0.25) is 0 Å². The van der Waals surface area contributed by atoms with Crippen molar-refractivity contribution in [3.8, 4) is 0 Å². The van der Waals surface area contributed by atoms with Crippen molar-refractivity contribution in [2.75, 3.05) is 23.0 Å². The van der Waals surface area contributed by atoms with Crippen molar-refractivity contribution in [1.29, 1.82) is 0 Å². The Morgan fingerprint density at radius 3 is 0.833 bits per heavy atom. The normalized spacial score (nSPS) is 11.3. The van der Waals surface area contributed by atoms with Crippen LogP contribution < -0.4 is 0 Å². The van der Waals surface area contributed by atoms with Crippen LogP contribution in [0.25, 0.3) is 0 Å². The first-order valence-electron chi connectivity index (χ1n) is 12.5. The molecular formula is C26H46S4. The number of benzene rings is 1. The zero-order valence-electron chi connectivity index (χ0n) is 20.1. The highest BCUT2D eigenvalue weighted by Crippen LogP contribution is 2.41. The summed E-state index contributed by atoms with van der Waals surface area (Å²) in [5.41, 5.74) is 0. The molecule has 0 nitrogen and oxygen atoms in total. The highest BCUT2D eigenvalue weighted by molar-refractivity contribution is 8.03. The molecule has 0 heterocycles. The highest BCUT2D eigenvalue weighted by atomic mass is 32.2. The van der Waals surface area contributed by atoms with Crippen LogP contribution in [0.2, 0.25) is 0 Å². The molecular weight excluding hydrogens is 441 g/mol. The van der Waals surface area contributed by atoms with Crippen molar-refractivity contribution < 1.29 is 0 Å². The smallest absolute Gasteiger partial charge is 0.0220 e. The second-order valence-electron chi connectivity index (χ2n) is 7.97. The summed E-state index contributed by atoms with van der Waals surface area (Å²) >= 11 is 8.42. The van der Waals surface area contributed by atoms with Crippen LogP contribution in [0, 0.1) is 0 Å². The zero-order valence-corrected chi connectivity index (χ0v) is 23.4. The molecule has 1 rings (SSSR count). The lowest BCUT2D eigenvalue weighted by Gasteiger charge is -2.16. The molecule has 0 aliphatic carbocycles. The van der Waals surface area contributed by atoms with Crippen molar-refractivity contribution >= 4 is 47.0 Å². The van der Waals surface area contributed by atoms with Gasteiger partial charge in [-0.15, -0.1) is 47.0 Å². The van der Waals surface area contributed by atoms with E-state index in [-0.39, 0.29) is 0 Å². The first-order valence-corrected chi connectivity index (χ1v) is 16.4. The summed E-state index contributed by atoms with van der Waals surface area (Å²) in [5, 5.41) is 0. The molecule has 0 amide bonds. The Morgan fingerprint density at radius 2 is 0.633 bits per heavy atom. The molecule has 0 saturated heterocycles. The van der Waals surface area contributed by atoms with Gasteiger partial charge in [-0.25, -0.2) is 0 Å². The average Bonchev–Trinajstić information content (AvgIpc) is 2.76. The van der Waals surface area contributed by atoms with E-state index in [1.807, 2.05) is 0 Å². The van der Waals surface area contributed by atoms with Gasteiger partial charge in [-0.3, -0.25) is 0 Å². The molecule has 0 unspecified atom stereocenters. The monoisotopic (exact) mass is 486 g/mol. The molecule has 0 aliphatic rings. The Balaban J connectivity index is 2.93. The first-order chi connectivity index (χ1) is 14.8. The van der Waals surface area contributed by atoms with Gasteiger partial charge in [-0.2, -0.15) is 0 Å². The van der Waals surface area contributed by atoms with Crippen LogP contribution in [0.3, 0.4) is 0 Å². The molecule has 30 heavy (non-hydrogen) atoms. The van der Waals surface area contributed by atoms with Crippen molar-refractivity contribution in [3.05, 3.63) is 12.1 Å². The van der Waals surface area contributed by atoms with E-state index in [1.165, 1.54) is 100 Å². The van der Waals surface area contributed by atoms with Crippen LogP contribution >= 0.6 is 47.0 Å². The van der Waals surface area contributed by atoms with Gasteiger partial charge in [0.05, 0.1) is 0 Å². The van der Waals surface area contributed by atoms with E-state index in [2.05, 4.69) is 86.9 Å². The van der Waals surface area contributed by atoms with Crippen LogP contribution in [0.5, 0.6) is 0 Å². The minimum Gasteiger partial charge on any atom is -0.125 e. The minimum atomic E-state index is 1.26. The largest absolute Gasteiger partial charge is 0.125 e. The van der Waals surface area contributed by atoms with Gasteiger partial charge in [-0.1, -0.05) is 79.1 Å². The van der Waals surface area contributed by atoms with E-state index < -0.39 is 0 Å². The van der Waals surface area contributed by atoms with Crippen LogP contribution in [0.15, 0.2) is 31.7 Å². The minimum absolute atomic E-state index is 1.26. The molecule has 0 bridgehead atoms. The summed E-state index contributed by atoms with van der Waals surface area (Å²) in [7, 11) is 0. The number of rotatable bonds is 20. The lowest BCUT2D eigenvalue weighted by molar-refractivity contribution is 0.776. The lowest BCUT2D eigenvalue weighted by Crippen LogP contribution is -1.92. The lowest BCUT2D eigenvalue weighted by atomic mass is 10.3. The molecule has 0 saturated carbocycles. The van der Waals surface area contributed by atoms with Gasteiger partial charge in [0.15, 0.2) is 0 Å². The van der Waals surface area contributed by atoms with Crippen molar-refractivity contribution in [2.24, 2.45) is 0 Å². The van der Waals surface area contributed by atoms with Crippen molar-refractivity contribution in [1.82, 2.24) is 0 Å². The maximum atomic E-state index is 2.55. The number of hydrogen-bond acceptors (Lipinski definition) is 4. The third-order valence-corrected chi connectivity index (χ3v) is 9.86. The molecule has 0 N–H and O–H groups in total. The summed E-state index contributed by atoms with van der Waals surface area (Å²) in [5.74, 6) is 5.05. The SMILES string of the molecule is CCCCCSc1cc(SCCCCC)c(SCCCCC)cc1SCCCCC. The van der Waals surface area contributed by atoms with Gasteiger partial charge in [-0.05, 0) is 60.8 Å². The Hall–Kier alpha value is 0.620. The quantitative estimate of drug-likeness (QED) is 0.133. The van der Waals surface area contributed by atoms with Crippen LogP contribution in [0.1, 0.15) is 105 Å². The molecule has 0 radical (unpaired) electrons. The van der Waals surface area contributed by atoms with Crippen LogP contribution in [-0.4, -0.2) is 23.0 Å². The molecule has 4 heteroatoms. The van der Waals surface area contributed by atoms with Crippen LogP contribution in [-0.2, 0) is 0 Å². The number of thioether (sulfide) groups is 4. The van der Waals surface area contributed by atoms with Gasteiger partial charge in [0.25, 0.3) is 0 Å². The predicted octanol–water partition coefficient (Wildman–Crippen LogP) is 10.8. The van der Waals surface area contributed by atoms with E-state index in [0.29, 0.717) is 0 Å². The maximum Gasteiger partial charge on any atom is 0.0220 e. The van der Waals surface area contributed by atoms with E-state index in [0.717, 1.165) is 0 Å². The second-order valence-corrected chi connectivity index (χ2v) is 12.5.